The Morgan fingerprint density at radius 1 is 1.29 bits per heavy atom. The lowest BCUT2D eigenvalue weighted by Gasteiger charge is -2.17. The topological polar surface area (TPSA) is 58.6 Å². The lowest BCUT2D eigenvalue weighted by Crippen LogP contribution is -2.33. The van der Waals surface area contributed by atoms with Crippen LogP contribution in [-0.2, 0) is 9.53 Å². The fraction of sp³-hybridized carbons (Fsp3) is 0.150. The Kier molecular flexibility index (Phi) is 6.73. The van der Waals surface area contributed by atoms with Crippen molar-refractivity contribution in [3.05, 3.63) is 67.6 Å². The van der Waals surface area contributed by atoms with Crippen molar-refractivity contribution in [3.63, 3.8) is 0 Å². The maximum Gasteiger partial charge on any atom is 0.337 e. The summed E-state index contributed by atoms with van der Waals surface area (Å²) in [7, 11) is 1.34. The summed E-state index contributed by atoms with van der Waals surface area (Å²) < 4.78 is 6.36. The monoisotopic (exact) mass is 524 g/mol. The van der Waals surface area contributed by atoms with Crippen LogP contribution in [0, 0.1) is 10.5 Å². The van der Waals surface area contributed by atoms with Gasteiger partial charge in [-0.2, -0.15) is 0 Å². The van der Waals surface area contributed by atoms with Gasteiger partial charge in [-0.15, -0.1) is 0 Å². The van der Waals surface area contributed by atoms with E-state index in [1.165, 1.54) is 18.9 Å². The molecular formula is C20H17IN2O3S2. The normalized spacial score (nSPS) is 15.2. The number of nitrogens with one attached hydrogen (secondary N) is 1. The molecule has 0 spiro atoms. The van der Waals surface area contributed by atoms with Gasteiger partial charge in [0.1, 0.15) is 4.32 Å². The Bertz CT molecular complexity index is 974. The maximum absolute atomic E-state index is 12.7. The number of anilines is 1. The van der Waals surface area contributed by atoms with Gasteiger partial charge in [0.05, 0.1) is 24.2 Å². The Morgan fingerprint density at radius 3 is 2.64 bits per heavy atom. The zero-order chi connectivity index (χ0) is 20.3. The maximum atomic E-state index is 12.7. The summed E-state index contributed by atoms with van der Waals surface area (Å²) in [6.45, 7) is 2.33. The summed E-state index contributed by atoms with van der Waals surface area (Å²) >= 11 is 8.91. The lowest BCUT2D eigenvalue weighted by atomic mass is 10.1. The van der Waals surface area contributed by atoms with Crippen LogP contribution in [0.25, 0.3) is 6.08 Å². The number of esters is 1. The van der Waals surface area contributed by atoms with Crippen molar-refractivity contribution in [1.82, 2.24) is 4.90 Å². The van der Waals surface area contributed by atoms with E-state index in [0.29, 0.717) is 21.5 Å². The van der Waals surface area contributed by atoms with Crippen LogP contribution < -0.4 is 5.32 Å². The number of hydrogen-bond acceptors (Lipinski definition) is 6. The molecule has 1 N–H and O–H groups in total. The number of thiocarbonyl (C=S) groups is 1. The van der Waals surface area contributed by atoms with E-state index in [4.69, 9.17) is 12.2 Å². The van der Waals surface area contributed by atoms with Crippen LogP contribution in [0.4, 0.5) is 5.69 Å². The largest absolute Gasteiger partial charge is 0.465 e. The van der Waals surface area contributed by atoms with Crippen molar-refractivity contribution in [1.29, 1.82) is 0 Å². The quantitative estimate of drug-likeness (QED) is 0.266. The minimum Gasteiger partial charge on any atom is -0.465 e. The molecule has 0 atom stereocenters. The van der Waals surface area contributed by atoms with E-state index < -0.39 is 5.97 Å². The van der Waals surface area contributed by atoms with Crippen molar-refractivity contribution >= 4 is 74.5 Å². The van der Waals surface area contributed by atoms with Gasteiger partial charge in [0.2, 0.25) is 0 Å². The van der Waals surface area contributed by atoms with Crippen molar-refractivity contribution in [3.8, 4) is 0 Å². The number of aryl methyl sites for hydroxylation is 1. The number of ether oxygens (including phenoxy) is 1. The van der Waals surface area contributed by atoms with Gasteiger partial charge < -0.3 is 10.1 Å². The molecule has 0 unspecified atom stereocenters. The lowest BCUT2D eigenvalue weighted by molar-refractivity contribution is -0.121. The number of halogens is 1. The third-order valence-corrected chi connectivity index (χ3v) is 6.17. The summed E-state index contributed by atoms with van der Waals surface area (Å²) in [5.74, 6) is -0.530. The van der Waals surface area contributed by atoms with Crippen molar-refractivity contribution in [2.75, 3.05) is 19.1 Å². The molecule has 1 heterocycles. The number of thioether (sulfide) groups is 1. The van der Waals surface area contributed by atoms with Crippen molar-refractivity contribution < 1.29 is 14.3 Å². The average Bonchev–Trinajstić information content (AvgIpc) is 2.94. The van der Waals surface area contributed by atoms with Gasteiger partial charge in [-0.25, -0.2) is 4.79 Å². The predicted octanol–water partition coefficient (Wildman–Crippen LogP) is 4.66. The van der Waals surface area contributed by atoms with Crippen LogP contribution >= 0.6 is 46.6 Å². The molecule has 0 radical (unpaired) electrons. The highest BCUT2D eigenvalue weighted by atomic mass is 127. The molecule has 1 amide bonds. The van der Waals surface area contributed by atoms with Crippen molar-refractivity contribution in [2.45, 2.75) is 6.92 Å². The first-order chi connectivity index (χ1) is 13.4. The van der Waals surface area contributed by atoms with E-state index in [-0.39, 0.29) is 5.91 Å². The molecule has 5 nitrogen and oxygen atoms in total. The molecule has 1 aliphatic heterocycles. The smallest absolute Gasteiger partial charge is 0.337 e. The third-order valence-electron chi connectivity index (χ3n) is 4.12. The molecule has 0 aromatic heterocycles. The van der Waals surface area contributed by atoms with Crippen LogP contribution in [0.3, 0.4) is 0 Å². The molecule has 0 aliphatic carbocycles. The highest BCUT2D eigenvalue weighted by Gasteiger charge is 2.31. The molecule has 144 valence electrons. The SMILES string of the molecule is COC(=O)c1ccc(/C=C2/SC(=S)N(CNc3ccc(I)cc3C)C2=O)cc1. The van der Waals surface area contributed by atoms with Gasteiger partial charge in [0, 0.05) is 9.26 Å². The van der Waals surface area contributed by atoms with Crippen LogP contribution in [-0.4, -0.2) is 34.9 Å². The summed E-state index contributed by atoms with van der Waals surface area (Å²) in [6.07, 6.45) is 1.77. The van der Waals surface area contributed by atoms with Gasteiger partial charge in [-0.3, -0.25) is 9.69 Å². The summed E-state index contributed by atoms with van der Waals surface area (Å²) in [5.41, 5.74) is 3.36. The van der Waals surface area contributed by atoms with Crippen LogP contribution in [0.2, 0.25) is 0 Å². The van der Waals surface area contributed by atoms with Gasteiger partial charge >= 0.3 is 5.97 Å². The number of carbonyl (C=O) groups is 2. The van der Waals surface area contributed by atoms with E-state index in [9.17, 15) is 9.59 Å². The van der Waals surface area contributed by atoms with Crippen LogP contribution in [0.1, 0.15) is 21.5 Å². The van der Waals surface area contributed by atoms with E-state index in [0.717, 1.165) is 20.4 Å². The molecular weight excluding hydrogens is 507 g/mol. The second kappa shape index (κ2) is 9.06. The Balaban J connectivity index is 1.70. The Labute approximate surface area is 186 Å². The van der Waals surface area contributed by atoms with E-state index in [1.807, 2.05) is 19.1 Å². The summed E-state index contributed by atoms with van der Waals surface area (Å²) in [4.78, 5) is 26.3. The fourth-order valence-electron chi connectivity index (χ4n) is 2.61. The first-order valence-corrected chi connectivity index (χ1v) is 10.6. The molecule has 2 aromatic rings. The number of benzene rings is 2. The summed E-state index contributed by atoms with van der Waals surface area (Å²) in [6, 6.07) is 13.0. The van der Waals surface area contributed by atoms with Crippen molar-refractivity contribution in [2.24, 2.45) is 0 Å². The van der Waals surface area contributed by atoms with Gasteiger partial charge in [-0.05, 0) is 77.0 Å². The van der Waals surface area contributed by atoms with E-state index >= 15 is 0 Å². The van der Waals surface area contributed by atoms with Gasteiger partial charge in [0.15, 0.2) is 0 Å². The number of amides is 1. The second-order valence-electron chi connectivity index (χ2n) is 6.02. The summed E-state index contributed by atoms with van der Waals surface area (Å²) in [5, 5.41) is 3.28. The van der Waals surface area contributed by atoms with Gasteiger partial charge in [-0.1, -0.05) is 36.1 Å². The molecule has 0 saturated carbocycles. The average molecular weight is 524 g/mol. The first kappa shape index (κ1) is 20.8. The standard InChI is InChI=1S/C20H17IN2O3S2/c1-12-9-15(21)7-8-16(12)22-11-23-18(24)17(28-20(23)27)10-13-3-5-14(6-4-13)19(25)26-2/h3-10,22H,11H2,1-2H3/b17-10+. The zero-order valence-corrected chi connectivity index (χ0v) is 19.0. The number of nitrogens with zero attached hydrogens (tertiary/aromatic N) is 1. The number of carbonyl (C=O) groups excluding carboxylic acids is 2. The fourth-order valence-corrected chi connectivity index (χ4v) is 4.51. The molecule has 1 saturated heterocycles. The minimum absolute atomic E-state index is 0.136. The Hall–Kier alpha value is -1.91. The van der Waals surface area contributed by atoms with Crippen LogP contribution in [0.15, 0.2) is 47.4 Å². The Morgan fingerprint density at radius 2 is 2.00 bits per heavy atom. The zero-order valence-electron chi connectivity index (χ0n) is 15.2. The second-order valence-corrected chi connectivity index (χ2v) is 8.94. The predicted molar refractivity (Wildman–Crippen MR) is 125 cm³/mol. The molecule has 0 bridgehead atoms. The number of rotatable bonds is 5. The van der Waals surface area contributed by atoms with E-state index in [2.05, 4.69) is 38.7 Å². The molecule has 3 rings (SSSR count). The third kappa shape index (κ3) is 4.73. The molecule has 28 heavy (non-hydrogen) atoms. The van der Waals surface area contributed by atoms with Crippen LogP contribution in [0.5, 0.6) is 0 Å². The van der Waals surface area contributed by atoms with Gasteiger partial charge in [0.25, 0.3) is 5.91 Å². The van der Waals surface area contributed by atoms with E-state index in [1.54, 1.807) is 35.2 Å². The minimum atomic E-state index is -0.394. The highest BCUT2D eigenvalue weighted by Crippen LogP contribution is 2.32. The highest BCUT2D eigenvalue weighted by molar-refractivity contribution is 14.1. The number of methoxy groups -OCH3 is 1. The number of hydrogen-bond donors (Lipinski definition) is 1. The molecule has 1 aliphatic rings. The molecule has 8 heteroatoms. The first-order valence-electron chi connectivity index (χ1n) is 8.33. The molecule has 1 fully saturated rings. The molecule has 2 aromatic carbocycles.